The molecule has 0 bridgehead atoms. The Kier molecular flexibility index (Phi) is 6.84. The van der Waals surface area contributed by atoms with E-state index < -0.39 is 0 Å². The Bertz CT molecular complexity index is 149. The zero-order valence-electron chi connectivity index (χ0n) is 8.93. The molecule has 0 atom stereocenters. The molecule has 70 valence electrons. The van der Waals surface area contributed by atoms with Crippen LogP contribution in [-0.4, -0.2) is 0 Å². The first-order chi connectivity index (χ1) is 5.66. The lowest BCUT2D eigenvalue weighted by molar-refractivity contribution is 0.820. The molecule has 0 saturated heterocycles. The van der Waals surface area contributed by atoms with Gasteiger partial charge in [0.25, 0.3) is 0 Å². The highest BCUT2D eigenvalue weighted by Gasteiger charge is 1.87. The van der Waals surface area contributed by atoms with Gasteiger partial charge >= 0.3 is 0 Å². The smallest absolute Gasteiger partial charge is 0.0288 e. The lowest BCUT2D eigenvalue weighted by atomic mass is 10.1. The molecule has 0 saturated carbocycles. The van der Waals surface area contributed by atoms with Crippen LogP contribution in [-0.2, 0) is 0 Å². The SMILES string of the molecule is CCC=C(C)CCC=CC(C)C. The van der Waals surface area contributed by atoms with Gasteiger partial charge in [0.1, 0.15) is 0 Å². The van der Waals surface area contributed by atoms with Crippen LogP contribution in [0.15, 0.2) is 23.8 Å². The molecular formula is C12H22. The zero-order chi connectivity index (χ0) is 9.40. The van der Waals surface area contributed by atoms with E-state index in [1.54, 1.807) is 0 Å². The van der Waals surface area contributed by atoms with Gasteiger partial charge in [0.05, 0.1) is 0 Å². The molecule has 0 aromatic carbocycles. The molecule has 0 aliphatic heterocycles. The van der Waals surface area contributed by atoms with Crippen molar-refractivity contribution in [3.05, 3.63) is 23.8 Å². The second-order valence-corrected chi connectivity index (χ2v) is 3.67. The minimum Gasteiger partial charge on any atom is -0.0880 e. The van der Waals surface area contributed by atoms with Crippen LogP contribution in [0, 0.1) is 5.92 Å². The van der Waals surface area contributed by atoms with E-state index in [0.717, 1.165) is 0 Å². The fraction of sp³-hybridized carbons (Fsp3) is 0.667. The van der Waals surface area contributed by atoms with Crippen molar-refractivity contribution in [1.29, 1.82) is 0 Å². The lowest BCUT2D eigenvalue weighted by Gasteiger charge is -1.97. The number of hydrogen-bond acceptors (Lipinski definition) is 0. The van der Waals surface area contributed by atoms with E-state index in [-0.39, 0.29) is 0 Å². The molecule has 0 aliphatic rings. The van der Waals surface area contributed by atoms with Crippen molar-refractivity contribution in [3.8, 4) is 0 Å². The Hall–Kier alpha value is -0.520. The Morgan fingerprint density at radius 2 is 2.00 bits per heavy atom. The Labute approximate surface area is 77.4 Å². The van der Waals surface area contributed by atoms with Crippen molar-refractivity contribution in [1.82, 2.24) is 0 Å². The summed E-state index contributed by atoms with van der Waals surface area (Å²) in [6.45, 7) is 8.83. The summed E-state index contributed by atoms with van der Waals surface area (Å²) in [5.74, 6) is 0.695. The van der Waals surface area contributed by atoms with Crippen molar-refractivity contribution in [3.63, 3.8) is 0 Å². The van der Waals surface area contributed by atoms with E-state index in [1.807, 2.05) is 0 Å². The Balaban J connectivity index is 3.49. The predicted octanol–water partition coefficient (Wildman–Crippen LogP) is 4.34. The first-order valence-corrected chi connectivity index (χ1v) is 4.99. The third-order valence-electron chi connectivity index (χ3n) is 1.78. The summed E-state index contributed by atoms with van der Waals surface area (Å²) in [4.78, 5) is 0. The molecule has 12 heavy (non-hydrogen) atoms. The van der Waals surface area contributed by atoms with Crippen LogP contribution in [0.4, 0.5) is 0 Å². The maximum atomic E-state index is 2.31. The van der Waals surface area contributed by atoms with Crippen molar-refractivity contribution in [2.24, 2.45) is 5.92 Å². The standard InChI is InChI=1S/C12H22/c1-5-8-12(4)10-7-6-9-11(2)3/h6,8-9,11H,5,7,10H2,1-4H3. The molecule has 0 nitrogen and oxygen atoms in total. The highest BCUT2D eigenvalue weighted by Crippen LogP contribution is 2.06. The minimum atomic E-state index is 0.695. The summed E-state index contributed by atoms with van der Waals surface area (Å²) in [5.41, 5.74) is 1.52. The predicted molar refractivity (Wildman–Crippen MR) is 57.3 cm³/mol. The molecule has 0 aromatic rings. The van der Waals surface area contributed by atoms with Crippen molar-refractivity contribution in [2.45, 2.75) is 47.0 Å². The quantitative estimate of drug-likeness (QED) is 0.533. The molecule has 0 heterocycles. The van der Waals surface area contributed by atoms with Crippen LogP contribution in [0.25, 0.3) is 0 Å². The van der Waals surface area contributed by atoms with Crippen LogP contribution < -0.4 is 0 Å². The maximum absolute atomic E-state index is 2.31. The number of hydrogen-bond donors (Lipinski definition) is 0. The van der Waals surface area contributed by atoms with Crippen LogP contribution in [0.1, 0.15) is 47.0 Å². The number of rotatable bonds is 5. The van der Waals surface area contributed by atoms with Crippen LogP contribution in [0.2, 0.25) is 0 Å². The van der Waals surface area contributed by atoms with E-state index in [0.29, 0.717) is 5.92 Å². The van der Waals surface area contributed by atoms with Crippen LogP contribution in [0.5, 0.6) is 0 Å². The molecule has 0 amide bonds. The summed E-state index contributed by atoms with van der Waals surface area (Å²) < 4.78 is 0. The van der Waals surface area contributed by atoms with Crippen molar-refractivity contribution >= 4 is 0 Å². The van der Waals surface area contributed by atoms with Crippen LogP contribution >= 0.6 is 0 Å². The first kappa shape index (κ1) is 11.5. The van der Waals surface area contributed by atoms with E-state index in [9.17, 15) is 0 Å². The third-order valence-corrected chi connectivity index (χ3v) is 1.78. The monoisotopic (exact) mass is 166 g/mol. The Morgan fingerprint density at radius 3 is 2.50 bits per heavy atom. The van der Waals surface area contributed by atoms with Gasteiger partial charge in [-0.05, 0) is 32.1 Å². The Morgan fingerprint density at radius 1 is 1.33 bits per heavy atom. The second kappa shape index (κ2) is 7.15. The molecule has 0 aliphatic carbocycles. The first-order valence-electron chi connectivity index (χ1n) is 4.99. The highest BCUT2D eigenvalue weighted by atomic mass is 13.9. The molecule has 0 unspecified atom stereocenters. The summed E-state index contributed by atoms with van der Waals surface area (Å²) in [6.07, 6.45) is 10.5. The lowest BCUT2D eigenvalue weighted by Crippen LogP contribution is -1.79. The summed E-state index contributed by atoms with van der Waals surface area (Å²) in [5, 5.41) is 0. The van der Waals surface area contributed by atoms with Gasteiger partial charge in [-0.1, -0.05) is 44.6 Å². The molecular weight excluding hydrogens is 144 g/mol. The van der Waals surface area contributed by atoms with Crippen molar-refractivity contribution in [2.75, 3.05) is 0 Å². The molecule has 0 aromatic heterocycles. The van der Waals surface area contributed by atoms with Gasteiger partial charge in [-0.2, -0.15) is 0 Å². The fourth-order valence-corrected chi connectivity index (χ4v) is 1.13. The van der Waals surface area contributed by atoms with Crippen molar-refractivity contribution < 1.29 is 0 Å². The fourth-order valence-electron chi connectivity index (χ4n) is 1.13. The van der Waals surface area contributed by atoms with Gasteiger partial charge < -0.3 is 0 Å². The molecule has 0 spiro atoms. The van der Waals surface area contributed by atoms with Gasteiger partial charge in [0.2, 0.25) is 0 Å². The molecule has 0 radical (unpaired) electrons. The summed E-state index contributed by atoms with van der Waals surface area (Å²) in [7, 11) is 0. The van der Waals surface area contributed by atoms with Gasteiger partial charge in [-0.25, -0.2) is 0 Å². The highest BCUT2D eigenvalue weighted by molar-refractivity contribution is 4.99. The molecule has 0 fully saturated rings. The molecule has 0 N–H and O–H groups in total. The maximum Gasteiger partial charge on any atom is -0.0288 e. The van der Waals surface area contributed by atoms with E-state index in [4.69, 9.17) is 0 Å². The normalized spacial score (nSPS) is 13.2. The summed E-state index contributed by atoms with van der Waals surface area (Å²) >= 11 is 0. The number of allylic oxidation sites excluding steroid dienone is 4. The van der Waals surface area contributed by atoms with Crippen LogP contribution in [0.3, 0.4) is 0 Å². The van der Waals surface area contributed by atoms with Gasteiger partial charge in [-0.15, -0.1) is 0 Å². The minimum absolute atomic E-state index is 0.695. The summed E-state index contributed by atoms with van der Waals surface area (Å²) in [6, 6.07) is 0. The topological polar surface area (TPSA) is 0 Å². The van der Waals surface area contributed by atoms with Gasteiger partial charge in [0, 0.05) is 0 Å². The average molecular weight is 166 g/mol. The molecule has 0 rings (SSSR count). The van der Waals surface area contributed by atoms with Gasteiger partial charge in [0.15, 0.2) is 0 Å². The van der Waals surface area contributed by atoms with E-state index in [1.165, 1.54) is 24.8 Å². The third kappa shape index (κ3) is 7.59. The largest absolute Gasteiger partial charge is 0.0880 e. The second-order valence-electron chi connectivity index (χ2n) is 3.67. The van der Waals surface area contributed by atoms with Gasteiger partial charge in [-0.3, -0.25) is 0 Å². The molecule has 0 heteroatoms. The zero-order valence-corrected chi connectivity index (χ0v) is 8.93. The van der Waals surface area contributed by atoms with E-state index in [2.05, 4.69) is 45.9 Å². The average Bonchev–Trinajstić information content (AvgIpc) is 1.98. The van der Waals surface area contributed by atoms with E-state index >= 15 is 0 Å².